The van der Waals surface area contributed by atoms with Crippen LogP contribution in [0.15, 0.2) is 52.1 Å². The maximum atomic E-state index is 12.5. The maximum absolute atomic E-state index is 12.5. The van der Waals surface area contributed by atoms with Gasteiger partial charge in [0.15, 0.2) is 0 Å². The zero-order valence-electron chi connectivity index (χ0n) is 14.4. The van der Waals surface area contributed by atoms with Crippen molar-refractivity contribution >= 4 is 33.3 Å². The van der Waals surface area contributed by atoms with E-state index in [0.29, 0.717) is 18.0 Å². The largest absolute Gasteiger partial charge is 0.473 e. The van der Waals surface area contributed by atoms with E-state index in [1.54, 1.807) is 39.9 Å². The molecule has 146 valence electrons. The molecule has 1 saturated heterocycles. The fourth-order valence-electron chi connectivity index (χ4n) is 2.51. The monoisotopic (exact) mass is 412 g/mol. The predicted octanol–water partition coefficient (Wildman–Crippen LogP) is 1.41. The molecule has 0 radical (unpaired) electrons. The Labute approximate surface area is 161 Å². The van der Waals surface area contributed by atoms with Crippen LogP contribution in [0.4, 0.5) is 0 Å². The number of piperazine rings is 1. The van der Waals surface area contributed by atoms with Gasteiger partial charge in [-0.15, -0.1) is 0 Å². The third kappa shape index (κ3) is 6.14. The van der Waals surface area contributed by atoms with E-state index >= 15 is 0 Å². The van der Waals surface area contributed by atoms with Crippen LogP contribution in [-0.4, -0.2) is 66.0 Å². The van der Waals surface area contributed by atoms with Gasteiger partial charge in [-0.25, -0.2) is 18.0 Å². The lowest BCUT2D eigenvalue weighted by atomic mass is 10.3. The van der Waals surface area contributed by atoms with Crippen LogP contribution in [0.5, 0.6) is 0 Å². The van der Waals surface area contributed by atoms with E-state index in [2.05, 4.69) is 21.7 Å². The lowest BCUT2D eigenvalue weighted by molar-refractivity contribution is -0.159. The molecule has 1 fully saturated rings. The lowest BCUT2D eigenvalue weighted by Crippen LogP contribution is -2.48. The molecule has 0 aliphatic carbocycles. The highest BCUT2D eigenvalue weighted by Crippen LogP contribution is 2.18. The molecule has 1 aromatic carbocycles. The number of carboxylic acid groups (broad SMARTS) is 2. The first-order valence-corrected chi connectivity index (χ1v) is 10.4. The standard InChI is InChI=1S/C15H18N2O2S2.C2H2O4/c18-21(19,15-4-2-1-3-5-15)17-9-7-16(8-10-17)12-14-6-11-20-13-14;3-1(4)2(5)6/h1-6,11,13H,7-10,12H2;(H,3,4)(H,5,6). The molecule has 8 nitrogen and oxygen atoms in total. The van der Waals surface area contributed by atoms with Gasteiger partial charge in [0.05, 0.1) is 4.90 Å². The van der Waals surface area contributed by atoms with E-state index < -0.39 is 22.0 Å². The Balaban J connectivity index is 0.000000380. The van der Waals surface area contributed by atoms with Crippen molar-refractivity contribution in [3.8, 4) is 0 Å². The third-order valence-corrected chi connectivity index (χ3v) is 6.53. The highest BCUT2D eigenvalue weighted by Gasteiger charge is 2.28. The number of hydrogen-bond acceptors (Lipinski definition) is 6. The number of benzene rings is 1. The van der Waals surface area contributed by atoms with Gasteiger partial charge in [0, 0.05) is 32.7 Å². The van der Waals surface area contributed by atoms with Crippen molar-refractivity contribution in [3.05, 3.63) is 52.7 Å². The van der Waals surface area contributed by atoms with Gasteiger partial charge >= 0.3 is 11.9 Å². The van der Waals surface area contributed by atoms with Crippen LogP contribution in [0.25, 0.3) is 0 Å². The SMILES string of the molecule is O=C(O)C(=O)O.O=S(=O)(c1ccccc1)N1CCN(Cc2ccsc2)CC1. The summed E-state index contributed by atoms with van der Waals surface area (Å²) in [7, 11) is -3.34. The van der Waals surface area contributed by atoms with Crippen LogP contribution in [0.2, 0.25) is 0 Å². The summed E-state index contributed by atoms with van der Waals surface area (Å²) in [6.45, 7) is 3.58. The van der Waals surface area contributed by atoms with Gasteiger partial charge in [-0.2, -0.15) is 15.6 Å². The highest BCUT2D eigenvalue weighted by atomic mass is 32.2. The molecule has 3 rings (SSSR count). The fourth-order valence-corrected chi connectivity index (χ4v) is 4.61. The van der Waals surface area contributed by atoms with Gasteiger partial charge in [-0.1, -0.05) is 18.2 Å². The van der Waals surface area contributed by atoms with Crippen LogP contribution in [-0.2, 0) is 26.2 Å². The smallest absolute Gasteiger partial charge is 0.414 e. The Morgan fingerprint density at radius 1 is 0.963 bits per heavy atom. The molecule has 10 heteroatoms. The van der Waals surface area contributed by atoms with Crippen molar-refractivity contribution in [1.29, 1.82) is 0 Å². The summed E-state index contributed by atoms with van der Waals surface area (Å²) in [5.74, 6) is -3.65. The van der Waals surface area contributed by atoms with Gasteiger partial charge < -0.3 is 10.2 Å². The van der Waals surface area contributed by atoms with Crippen molar-refractivity contribution in [2.75, 3.05) is 26.2 Å². The molecule has 0 atom stereocenters. The van der Waals surface area contributed by atoms with E-state index in [4.69, 9.17) is 19.8 Å². The molecule has 1 aliphatic rings. The molecule has 0 bridgehead atoms. The minimum absolute atomic E-state index is 0.385. The van der Waals surface area contributed by atoms with E-state index in [1.165, 1.54) is 5.56 Å². The Kier molecular flexibility index (Phi) is 7.48. The molecule has 0 spiro atoms. The van der Waals surface area contributed by atoms with Gasteiger partial charge in [0.2, 0.25) is 10.0 Å². The lowest BCUT2D eigenvalue weighted by Gasteiger charge is -2.33. The zero-order valence-corrected chi connectivity index (χ0v) is 16.0. The summed E-state index contributed by atoms with van der Waals surface area (Å²) in [5.41, 5.74) is 1.30. The number of thiophene rings is 1. The van der Waals surface area contributed by atoms with Gasteiger partial charge in [0.1, 0.15) is 0 Å². The molecular formula is C17H20N2O6S2. The zero-order chi connectivity index (χ0) is 19.9. The summed E-state index contributed by atoms with van der Waals surface area (Å²) in [5, 5.41) is 19.0. The summed E-state index contributed by atoms with van der Waals surface area (Å²) in [6.07, 6.45) is 0. The van der Waals surface area contributed by atoms with Crippen LogP contribution < -0.4 is 0 Å². The Morgan fingerprint density at radius 2 is 1.56 bits per heavy atom. The highest BCUT2D eigenvalue weighted by molar-refractivity contribution is 7.89. The topological polar surface area (TPSA) is 115 Å². The summed E-state index contributed by atoms with van der Waals surface area (Å²) < 4.78 is 26.6. The number of carbonyl (C=O) groups is 2. The number of carboxylic acids is 2. The first kappa shape index (κ1) is 21.0. The molecule has 27 heavy (non-hydrogen) atoms. The molecule has 0 saturated carbocycles. The molecule has 1 aliphatic heterocycles. The maximum Gasteiger partial charge on any atom is 0.414 e. The van der Waals surface area contributed by atoms with Crippen molar-refractivity contribution in [3.63, 3.8) is 0 Å². The Hall–Kier alpha value is -2.27. The van der Waals surface area contributed by atoms with E-state index in [1.807, 2.05) is 6.07 Å². The number of hydrogen-bond donors (Lipinski definition) is 2. The number of sulfonamides is 1. The first-order valence-electron chi connectivity index (χ1n) is 8.05. The summed E-state index contributed by atoms with van der Waals surface area (Å²) in [4.78, 5) is 20.9. The molecule has 2 heterocycles. The van der Waals surface area contributed by atoms with E-state index in [0.717, 1.165) is 19.6 Å². The van der Waals surface area contributed by atoms with E-state index in [-0.39, 0.29) is 0 Å². The second-order valence-electron chi connectivity index (χ2n) is 5.74. The van der Waals surface area contributed by atoms with Gasteiger partial charge in [-0.05, 0) is 34.5 Å². The minimum atomic E-state index is -3.34. The van der Waals surface area contributed by atoms with Crippen molar-refractivity contribution in [1.82, 2.24) is 9.21 Å². The normalized spacial score (nSPS) is 15.6. The van der Waals surface area contributed by atoms with Crippen LogP contribution >= 0.6 is 11.3 Å². The minimum Gasteiger partial charge on any atom is -0.473 e. The van der Waals surface area contributed by atoms with Crippen LogP contribution in [0, 0.1) is 0 Å². The fraction of sp³-hybridized carbons (Fsp3) is 0.294. The number of aliphatic carboxylic acids is 2. The summed E-state index contributed by atoms with van der Waals surface area (Å²) in [6, 6.07) is 10.8. The molecule has 0 amide bonds. The molecule has 1 aromatic heterocycles. The number of nitrogens with zero attached hydrogens (tertiary/aromatic N) is 2. The Bertz CT molecular complexity index is 833. The molecule has 2 aromatic rings. The van der Waals surface area contributed by atoms with Crippen LogP contribution in [0.3, 0.4) is 0 Å². The molecular weight excluding hydrogens is 392 g/mol. The first-order chi connectivity index (χ1) is 12.8. The molecule has 0 unspecified atom stereocenters. The third-order valence-electron chi connectivity index (χ3n) is 3.88. The van der Waals surface area contributed by atoms with Crippen molar-refractivity contribution < 1.29 is 28.2 Å². The summed E-state index contributed by atoms with van der Waals surface area (Å²) >= 11 is 1.70. The van der Waals surface area contributed by atoms with Crippen LogP contribution in [0.1, 0.15) is 5.56 Å². The Morgan fingerprint density at radius 3 is 2.04 bits per heavy atom. The second kappa shape index (κ2) is 9.60. The van der Waals surface area contributed by atoms with Gasteiger partial charge in [0.25, 0.3) is 0 Å². The average Bonchev–Trinajstić information content (AvgIpc) is 3.16. The van der Waals surface area contributed by atoms with E-state index in [9.17, 15) is 8.42 Å². The average molecular weight is 412 g/mol. The quantitative estimate of drug-likeness (QED) is 0.730. The number of rotatable bonds is 4. The molecule has 2 N–H and O–H groups in total. The van der Waals surface area contributed by atoms with Crippen molar-refractivity contribution in [2.24, 2.45) is 0 Å². The predicted molar refractivity (Wildman–Crippen MR) is 100 cm³/mol. The van der Waals surface area contributed by atoms with Gasteiger partial charge in [-0.3, -0.25) is 4.90 Å². The second-order valence-corrected chi connectivity index (χ2v) is 8.45. The van der Waals surface area contributed by atoms with Crippen molar-refractivity contribution in [2.45, 2.75) is 11.4 Å².